The van der Waals surface area contributed by atoms with Crippen LogP contribution in [0, 0.1) is 0 Å². The predicted molar refractivity (Wildman–Crippen MR) is 77.8 cm³/mol. The quantitative estimate of drug-likeness (QED) is 0.640. The Kier molecular flexibility index (Phi) is 4.77. The van der Waals surface area contributed by atoms with E-state index in [-0.39, 0.29) is 13.1 Å². The molecule has 0 aliphatic carbocycles. The van der Waals surface area contributed by atoms with Gasteiger partial charge in [0.15, 0.2) is 0 Å². The van der Waals surface area contributed by atoms with Gasteiger partial charge in [0.2, 0.25) is 5.91 Å². The monoisotopic (exact) mass is 323 g/mol. The average Bonchev–Trinajstić information content (AvgIpc) is 2.70. The van der Waals surface area contributed by atoms with Gasteiger partial charge in [0.1, 0.15) is 6.54 Å². The summed E-state index contributed by atoms with van der Waals surface area (Å²) in [4.78, 5) is 48.3. The van der Waals surface area contributed by atoms with Gasteiger partial charge in [-0.3, -0.25) is 19.3 Å². The molecule has 1 aliphatic heterocycles. The second-order valence-electron chi connectivity index (χ2n) is 4.63. The van der Waals surface area contributed by atoms with E-state index >= 15 is 0 Å². The molecule has 8 heteroatoms. The minimum Gasteiger partial charge on any atom is -0.350 e. The van der Waals surface area contributed by atoms with Crippen LogP contribution in [0.25, 0.3) is 0 Å². The second-order valence-corrected chi connectivity index (χ2v) is 5.06. The Morgan fingerprint density at radius 2 is 1.68 bits per heavy atom. The highest BCUT2D eigenvalue weighted by Gasteiger charge is 2.44. The topological polar surface area (TPSA) is 86.8 Å². The van der Waals surface area contributed by atoms with Crippen LogP contribution >= 0.6 is 11.6 Å². The van der Waals surface area contributed by atoms with Crippen LogP contribution in [0.15, 0.2) is 24.3 Å². The van der Waals surface area contributed by atoms with Crippen molar-refractivity contribution in [2.45, 2.75) is 13.5 Å². The second kappa shape index (κ2) is 6.57. The van der Waals surface area contributed by atoms with Gasteiger partial charge >= 0.3 is 17.8 Å². The van der Waals surface area contributed by atoms with Gasteiger partial charge in [-0.2, -0.15) is 0 Å². The van der Waals surface area contributed by atoms with Crippen LogP contribution < -0.4 is 5.32 Å². The van der Waals surface area contributed by atoms with Crippen molar-refractivity contribution in [2.24, 2.45) is 0 Å². The van der Waals surface area contributed by atoms with Crippen molar-refractivity contribution >= 4 is 35.4 Å². The van der Waals surface area contributed by atoms with Crippen molar-refractivity contribution in [1.82, 2.24) is 15.1 Å². The Balaban J connectivity index is 1.92. The SMILES string of the molecule is CCN1C(=O)C(=O)N(CC(=O)NCc2ccc(Cl)cc2)C1=O. The van der Waals surface area contributed by atoms with Gasteiger partial charge in [0, 0.05) is 18.1 Å². The molecule has 0 aromatic heterocycles. The first kappa shape index (κ1) is 16.0. The van der Waals surface area contributed by atoms with Crippen LogP contribution in [0.1, 0.15) is 12.5 Å². The zero-order valence-corrected chi connectivity index (χ0v) is 12.6. The fraction of sp³-hybridized carbons (Fsp3) is 0.286. The third kappa shape index (κ3) is 3.25. The average molecular weight is 324 g/mol. The van der Waals surface area contributed by atoms with Crippen LogP contribution in [0.3, 0.4) is 0 Å². The van der Waals surface area contributed by atoms with E-state index in [0.29, 0.717) is 9.92 Å². The highest BCUT2D eigenvalue weighted by atomic mass is 35.5. The summed E-state index contributed by atoms with van der Waals surface area (Å²) in [5.74, 6) is -2.41. The molecule has 7 nitrogen and oxygen atoms in total. The molecule has 0 bridgehead atoms. The zero-order valence-electron chi connectivity index (χ0n) is 11.8. The summed E-state index contributed by atoms with van der Waals surface area (Å²) in [5.41, 5.74) is 0.822. The number of hydrogen-bond donors (Lipinski definition) is 1. The van der Waals surface area contributed by atoms with Gasteiger partial charge in [-0.25, -0.2) is 9.69 Å². The zero-order chi connectivity index (χ0) is 16.3. The number of carbonyl (C=O) groups is 4. The summed E-state index contributed by atoms with van der Waals surface area (Å²) in [5, 5.41) is 3.16. The summed E-state index contributed by atoms with van der Waals surface area (Å²) in [7, 11) is 0. The maximum absolute atomic E-state index is 11.8. The molecule has 1 N–H and O–H groups in total. The number of imide groups is 2. The van der Waals surface area contributed by atoms with E-state index in [0.717, 1.165) is 10.5 Å². The molecule has 1 saturated heterocycles. The summed E-state index contributed by atoms with van der Waals surface area (Å²) in [6, 6.07) is 6.11. The molecule has 0 unspecified atom stereocenters. The summed E-state index contributed by atoms with van der Waals surface area (Å²) < 4.78 is 0. The first-order valence-electron chi connectivity index (χ1n) is 6.62. The number of hydrogen-bond acceptors (Lipinski definition) is 4. The van der Waals surface area contributed by atoms with Crippen molar-refractivity contribution in [1.29, 1.82) is 0 Å². The number of halogens is 1. The number of nitrogens with zero attached hydrogens (tertiary/aromatic N) is 2. The number of carbonyl (C=O) groups excluding carboxylic acids is 4. The number of likely N-dealkylation sites (N-methyl/N-ethyl adjacent to an activating group) is 1. The molecule has 0 radical (unpaired) electrons. The highest BCUT2D eigenvalue weighted by molar-refractivity contribution is 6.45. The molecule has 5 amide bonds. The molecule has 22 heavy (non-hydrogen) atoms. The summed E-state index contributed by atoms with van der Waals surface area (Å²) >= 11 is 5.76. The van der Waals surface area contributed by atoms with E-state index in [2.05, 4.69) is 5.32 Å². The summed E-state index contributed by atoms with van der Waals surface area (Å²) in [6.07, 6.45) is 0. The van der Waals surface area contributed by atoms with E-state index < -0.39 is 30.3 Å². The van der Waals surface area contributed by atoms with E-state index in [1.165, 1.54) is 0 Å². The van der Waals surface area contributed by atoms with Gasteiger partial charge in [0.25, 0.3) is 0 Å². The standard InChI is InChI=1S/C14H14ClN3O4/c1-2-17-12(20)13(21)18(14(17)22)8-11(19)16-7-9-3-5-10(15)6-4-9/h3-6H,2,7-8H2,1H3,(H,16,19). The molecule has 1 heterocycles. The Bertz CT molecular complexity index is 629. The predicted octanol–water partition coefficient (Wildman–Crippen LogP) is 0.767. The lowest BCUT2D eigenvalue weighted by molar-refractivity contribution is -0.143. The lowest BCUT2D eigenvalue weighted by Gasteiger charge is -2.14. The van der Waals surface area contributed by atoms with Crippen molar-refractivity contribution in [3.05, 3.63) is 34.9 Å². The van der Waals surface area contributed by atoms with E-state index in [1.54, 1.807) is 31.2 Å². The number of nitrogens with one attached hydrogen (secondary N) is 1. The molecule has 1 aromatic carbocycles. The molecule has 1 fully saturated rings. The van der Waals surface area contributed by atoms with Crippen LogP contribution in [-0.4, -0.2) is 46.6 Å². The molecule has 0 atom stereocenters. The van der Waals surface area contributed by atoms with E-state index in [1.807, 2.05) is 0 Å². The molecule has 116 valence electrons. The normalized spacial score (nSPS) is 14.7. The van der Waals surface area contributed by atoms with Crippen molar-refractivity contribution < 1.29 is 19.2 Å². The third-order valence-electron chi connectivity index (χ3n) is 3.16. The first-order chi connectivity index (χ1) is 10.4. The van der Waals surface area contributed by atoms with Crippen LogP contribution in [0.2, 0.25) is 5.02 Å². The molecule has 2 rings (SSSR count). The smallest absolute Gasteiger partial charge is 0.334 e. The Morgan fingerprint density at radius 1 is 1.09 bits per heavy atom. The van der Waals surface area contributed by atoms with Gasteiger partial charge in [-0.1, -0.05) is 23.7 Å². The van der Waals surface area contributed by atoms with Crippen LogP contribution in [0.5, 0.6) is 0 Å². The minimum absolute atomic E-state index is 0.0896. The molecule has 0 saturated carbocycles. The fourth-order valence-electron chi connectivity index (χ4n) is 1.97. The van der Waals surface area contributed by atoms with E-state index in [4.69, 9.17) is 11.6 Å². The first-order valence-corrected chi connectivity index (χ1v) is 7.00. The molecular formula is C14H14ClN3O4. The van der Waals surface area contributed by atoms with Gasteiger partial charge in [-0.05, 0) is 24.6 Å². The Morgan fingerprint density at radius 3 is 2.23 bits per heavy atom. The molecular weight excluding hydrogens is 310 g/mol. The van der Waals surface area contributed by atoms with Gasteiger partial charge in [-0.15, -0.1) is 0 Å². The Labute approximate surface area is 131 Å². The Hall–Kier alpha value is -2.41. The molecule has 1 aliphatic rings. The third-order valence-corrected chi connectivity index (χ3v) is 3.41. The molecule has 0 spiro atoms. The largest absolute Gasteiger partial charge is 0.350 e. The molecule has 1 aromatic rings. The fourth-order valence-corrected chi connectivity index (χ4v) is 2.10. The highest BCUT2D eigenvalue weighted by Crippen LogP contribution is 2.11. The lowest BCUT2D eigenvalue weighted by Crippen LogP contribution is -2.41. The maximum Gasteiger partial charge on any atom is 0.334 e. The minimum atomic E-state index is -0.978. The van der Waals surface area contributed by atoms with E-state index in [9.17, 15) is 19.2 Å². The van der Waals surface area contributed by atoms with Crippen LogP contribution in [-0.2, 0) is 20.9 Å². The van der Waals surface area contributed by atoms with Gasteiger partial charge < -0.3 is 5.32 Å². The number of urea groups is 1. The van der Waals surface area contributed by atoms with Gasteiger partial charge in [0.05, 0.1) is 0 Å². The van der Waals surface area contributed by atoms with Crippen LogP contribution in [0.4, 0.5) is 4.79 Å². The van der Waals surface area contributed by atoms with Crippen molar-refractivity contribution in [3.8, 4) is 0 Å². The number of rotatable bonds is 5. The lowest BCUT2D eigenvalue weighted by atomic mass is 10.2. The summed E-state index contributed by atoms with van der Waals surface area (Å²) in [6.45, 7) is 1.42. The van der Waals surface area contributed by atoms with Crippen molar-refractivity contribution in [2.75, 3.05) is 13.1 Å². The van der Waals surface area contributed by atoms with Crippen molar-refractivity contribution in [3.63, 3.8) is 0 Å². The number of benzene rings is 1. The number of amides is 5. The maximum atomic E-state index is 11.8.